The molecule has 0 radical (unpaired) electrons. The Hall–Kier alpha value is -4.10. The summed E-state index contributed by atoms with van der Waals surface area (Å²) in [5.41, 5.74) is 1.83. The van der Waals surface area contributed by atoms with Crippen molar-refractivity contribution in [3.63, 3.8) is 0 Å². The molecule has 0 saturated carbocycles. The third-order valence-electron chi connectivity index (χ3n) is 6.42. The van der Waals surface area contributed by atoms with Gasteiger partial charge in [0.1, 0.15) is 18.1 Å². The molecule has 0 aliphatic heterocycles. The first-order valence-corrected chi connectivity index (χ1v) is 12.3. The van der Waals surface area contributed by atoms with E-state index < -0.39 is 0 Å². The fourth-order valence-electron chi connectivity index (χ4n) is 4.39. The van der Waals surface area contributed by atoms with Crippen LogP contribution in [0.4, 0.5) is 5.95 Å². The van der Waals surface area contributed by atoms with Crippen LogP contribution in [-0.2, 0) is 13.2 Å². The highest BCUT2D eigenvalue weighted by molar-refractivity contribution is 6.02. The second-order valence-electron chi connectivity index (χ2n) is 8.59. The van der Waals surface area contributed by atoms with Crippen molar-refractivity contribution in [1.29, 1.82) is 0 Å². The molecule has 0 unspecified atom stereocenters. The molecule has 0 atom stereocenters. The molecule has 2 aromatic heterocycles. The van der Waals surface area contributed by atoms with Crippen molar-refractivity contribution in [2.75, 3.05) is 25.0 Å². The zero-order chi connectivity index (χ0) is 24.9. The van der Waals surface area contributed by atoms with E-state index in [9.17, 15) is 4.79 Å². The number of ether oxygens (including phenoxy) is 1. The van der Waals surface area contributed by atoms with Gasteiger partial charge >= 0.3 is 0 Å². The van der Waals surface area contributed by atoms with Gasteiger partial charge in [-0.2, -0.15) is 0 Å². The van der Waals surface area contributed by atoms with Gasteiger partial charge in [-0.3, -0.25) is 10.1 Å². The number of para-hydroxylation sites is 2. The Balaban J connectivity index is 1.30. The molecule has 5 aromatic rings. The molecule has 0 saturated heterocycles. The number of nitrogens with one attached hydrogen (secondary N) is 1. The van der Waals surface area contributed by atoms with Crippen molar-refractivity contribution in [2.45, 2.75) is 27.0 Å². The topological polar surface area (TPSA) is 72.5 Å². The first-order valence-electron chi connectivity index (χ1n) is 12.3. The highest BCUT2D eigenvalue weighted by Crippen LogP contribution is 2.26. The van der Waals surface area contributed by atoms with E-state index in [2.05, 4.69) is 33.6 Å². The molecule has 7 nitrogen and oxygen atoms in total. The summed E-state index contributed by atoms with van der Waals surface area (Å²) in [6, 6.07) is 25.3. The molecule has 2 heterocycles. The summed E-state index contributed by atoms with van der Waals surface area (Å²) in [6.07, 6.45) is 0. The van der Waals surface area contributed by atoms with Crippen LogP contribution in [0.1, 0.15) is 30.2 Å². The maximum atomic E-state index is 13.0. The van der Waals surface area contributed by atoms with Gasteiger partial charge in [0.2, 0.25) is 5.95 Å². The van der Waals surface area contributed by atoms with Crippen molar-refractivity contribution >= 4 is 33.7 Å². The van der Waals surface area contributed by atoms with Crippen LogP contribution in [-0.4, -0.2) is 40.0 Å². The van der Waals surface area contributed by atoms with Crippen LogP contribution in [0, 0.1) is 0 Å². The summed E-state index contributed by atoms with van der Waals surface area (Å²) >= 11 is 0. The van der Waals surface area contributed by atoms with E-state index in [-0.39, 0.29) is 18.3 Å². The summed E-state index contributed by atoms with van der Waals surface area (Å²) < 4.78 is 13.9. The Morgan fingerprint density at radius 1 is 0.972 bits per heavy atom. The molecule has 0 bridgehead atoms. The lowest BCUT2D eigenvalue weighted by Crippen LogP contribution is -2.27. The second-order valence-corrected chi connectivity index (χ2v) is 8.59. The third-order valence-corrected chi connectivity index (χ3v) is 6.42. The van der Waals surface area contributed by atoms with Gasteiger partial charge in [0.25, 0.3) is 5.91 Å². The number of imidazole rings is 1. The first kappa shape index (κ1) is 23.6. The fourth-order valence-corrected chi connectivity index (χ4v) is 4.39. The number of hydrogen-bond donors (Lipinski definition) is 1. The number of amides is 1. The van der Waals surface area contributed by atoms with Gasteiger partial charge in [0, 0.05) is 18.5 Å². The minimum absolute atomic E-state index is 0.217. The SMILES string of the molecule is CCN(CC)CCn1c(NC(=O)c2ccc(COc3cccc4ccccc34)o2)nc2ccccc21. The van der Waals surface area contributed by atoms with Crippen LogP contribution < -0.4 is 10.1 Å². The molecule has 5 rings (SSSR count). The Labute approximate surface area is 210 Å². The van der Waals surface area contributed by atoms with Crippen LogP contribution >= 0.6 is 0 Å². The van der Waals surface area contributed by atoms with Crippen LogP contribution in [0.25, 0.3) is 21.8 Å². The molecule has 0 aliphatic rings. The quantitative estimate of drug-likeness (QED) is 0.266. The van der Waals surface area contributed by atoms with Gasteiger partial charge < -0.3 is 18.6 Å². The maximum Gasteiger partial charge on any atom is 0.293 e. The number of fused-ring (bicyclic) bond motifs is 2. The number of aromatic nitrogens is 2. The molecule has 184 valence electrons. The maximum absolute atomic E-state index is 13.0. The lowest BCUT2D eigenvalue weighted by Gasteiger charge is -2.19. The normalized spacial score (nSPS) is 11.4. The molecular weight excluding hydrogens is 452 g/mol. The number of furan rings is 1. The van der Waals surface area contributed by atoms with E-state index in [0.29, 0.717) is 11.7 Å². The van der Waals surface area contributed by atoms with E-state index >= 15 is 0 Å². The van der Waals surface area contributed by atoms with Gasteiger partial charge in [-0.05, 0) is 48.8 Å². The van der Waals surface area contributed by atoms with Gasteiger partial charge in [0.05, 0.1) is 11.0 Å². The molecule has 0 aliphatic carbocycles. The molecule has 1 amide bonds. The number of nitrogens with zero attached hydrogens (tertiary/aromatic N) is 3. The van der Waals surface area contributed by atoms with Gasteiger partial charge in [-0.25, -0.2) is 4.98 Å². The number of likely N-dealkylation sites (N-methyl/N-ethyl adjacent to an activating group) is 1. The summed E-state index contributed by atoms with van der Waals surface area (Å²) in [5.74, 6) is 1.73. The summed E-state index contributed by atoms with van der Waals surface area (Å²) in [6.45, 7) is 8.06. The highest BCUT2D eigenvalue weighted by Gasteiger charge is 2.18. The largest absolute Gasteiger partial charge is 0.485 e. The summed E-state index contributed by atoms with van der Waals surface area (Å²) in [4.78, 5) is 20.1. The number of carbonyl (C=O) groups is 1. The Kier molecular flexibility index (Phi) is 7.00. The Bertz CT molecular complexity index is 1480. The monoisotopic (exact) mass is 482 g/mol. The van der Waals surface area contributed by atoms with E-state index in [1.165, 1.54) is 0 Å². The van der Waals surface area contributed by atoms with Crippen molar-refractivity contribution in [1.82, 2.24) is 14.5 Å². The predicted octanol–water partition coefficient (Wildman–Crippen LogP) is 5.96. The van der Waals surface area contributed by atoms with Crippen LogP contribution in [0.15, 0.2) is 83.3 Å². The average Bonchev–Trinajstić information content (AvgIpc) is 3.53. The van der Waals surface area contributed by atoms with Crippen molar-refractivity contribution in [3.05, 3.63) is 90.4 Å². The average molecular weight is 483 g/mol. The number of hydrogen-bond acceptors (Lipinski definition) is 5. The minimum Gasteiger partial charge on any atom is -0.485 e. The van der Waals surface area contributed by atoms with Gasteiger partial charge in [-0.1, -0.05) is 62.4 Å². The van der Waals surface area contributed by atoms with Crippen molar-refractivity contribution in [2.24, 2.45) is 0 Å². The van der Waals surface area contributed by atoms with E-state index in [1.54, 1.807) is 12.1 Å². The Morgan fingerprint density at radius 2 is 1.75 bits per heavy atom. The molecule has 0 fully saturated rings. The Morgan fingerprint density at radius 3 is 2.61 bits per heavy atom. The predicted molar refractivity (Wildman–Crippen MR) is 142 cm³/mol. The second kappa shape index (κ2) is 10.7. The van der Waals surface area contributed by atoms with Gasteiger partial charge in [-0.15, -0.1) is 0 Å². The van der Waals surface area contributed by atoms with Crippen LogP contribution in [0.5, 0.6) is 5.75 Å². The molecule has 1 N–H and O–H groups in total. The van der Waals surface area contributed by atoms with Gasteiger partial charge in [0.15, 0.2) is 5.76 Å². The van der Waals surface area contributed by atoms with E-state index in [0.717, 1.165) is 53.7 Å². The number of rotatable bonds is 10. The third kappa shape index (κ3) is 4.97. The van der Waals surface area contributed by atoms with E-state index in [1.807, 2.05) is 66.7 Å². The highest BCUT2D eigenvalue weighted by atomic mass is 16.5. The molecule has 3 aromatic carbocycles. The van der Waals surface area contributed by atoms with Crippen molar-refractivity contribution in [3.8, 4) is 5.75 Å². The molecule has 0 spiro atoms. The number of anilines is 1. The summed E-state index contributed by atoms with van der Waals surface area (Å²) in [5, 5.41) is 5.09. The molecular formula is C29H30N4O3. The summed E-state index contributed by atoms with van der Waals surface area (Å²) in [7, 11) is 0. The molecule has 36 heavy (non-hydrogen) atoms. The molecule has 7 heteroatoms. The zero-order valence-electron chi connectivity index (χ0n) is 20.6. The lowest BCUT2D eigenvalue weighted by molar-refractivity contribution is 0.0991. The smallest absolute Gasteiger partial charge is 0.293 e. The number of benzene rings is 3. The lowest BCUT2D eigenvalue weighted by atomic mass is 10.1. The van der Waals surface area contributed by atoms with Crippen LogP contribution in [0.2, 0.25) is 0 Å². The van der Waals surface area contributed by atoms with Crippen molar-refractivity contribution < 1.29 is 13.9 Å². The standard InChI is InChI=1S/C29H30N4O3/c1-3-32(4-2)18-19-33-25-14-8-7-13-24(25)30-29(33)31-28(34)27-17-16-22(36-27)20-35-26-15-9-11-21-10-5-6-12-23(21)26/h5-17H,3-4,18-20H2,1-2H3,(H,30,31,34). The number of carbonyl (C=O) groups excluding carboxylic acids is 1. The zero-order valence-corrected chi connectivity index (χ0v) is 20.6. The fraction of sp³-hybridized carbons (Fsp3) is 0.241. The van der Waals surface area contributed by atoms with E-state index in [4.69, 9.17) is 9.15 Å². The first-order chi connectivity index (χ1) is 17.7. The van der Waals surface area contributed by atoms with Crippen LogP contribution in [0.3, 0.4) is 0 Å². The minimum atomic E-state index is -0.342.